The Balaban J connectivity index is 0.000000220. The molecule has 2 aromatic rings. The second-order valence-corrected chi connectivity index (χ2v) is 6.01. The van der Waals surface area contributed by atoms with Gasteiger partial charge in [0.1, 0.15) is 11.6 Å². The maximum absolute atomic E-state index is 5.88. The predicted molar refractivity (Wildman–Crippen MR) is 88.0 cm³/mol. The predicted octanol–water partition coefficient (Wildman–Crippen LogP) is 3.19. The maximum atomic E-state index is 5.88. The van der Waals surface area contributed by atoms with Gasteiger partial charge in [0.15, 0.2) is 0 Å². The average molecular weight is 340 g/mol. The van der Waals surface area contributed by atoms with Crippen LogP contribution in [-0.4, -0.2) is 42.4 Å². The zero-order chi connectivity index (χ0) is 15.9. The molecule has 2 fully saturated rings. The minimum atomic E-state index is 0.199. The van der Waals surface area contributed by atoms with Crippen molar-refractivity contribution in [2.24, 2.45) is 0 Å². The zero-order valence-corrected chi connectivity index (χ0v) is 13.8. The SMILES string of the molecule is C1COCCN1.Clc1nc(OC2CCCCC2)c2occc2n1. The van der Waals surface area contributed by atoms with Crippen molar-refractivity contribution in [1.29, 1.82) is 0 Å². The molecule has 7 heteroatoms. The van der Waals surface area contributed by atoms with Crippen molar-refractivity contribution >= 4 is 22.7 Å². The standard InChI is InChI=1S/C12H13ClN2O2.C4H9NO/c13-12-14-9-6-7-16-10(9)11(15-12)17-8-4-2-1-3-5-8;1-3-6-4-2-5-1/h6-8H,1-5H2;5H,1-4H2. The largest absolute Gasteiger partial charge is 0.472 e. The molecule has 3 heterocycles. The van der Waals surface area contributed by atoms with Crippen LogP contribution >= 0.6 is 11.6 Å². The van der Waals surface area contributed by atoms with Crippen LogP contribution in [0.2, 0.25) is 5.28 Å². The lowest BCUT2D eigenvalue weighted by atomic mass is 9.98. The molecule has 1 N–H and O–H groups in total. The van der Waals surface area contributed by atoms with Gasteiger partial charge in [-0.05, 0) is 37.3 Å². The summed E-state index contributed by atoms with van der Waals surface area (Å²) in [6.45, 7) is 3.83. The first-order chi connectivity index (χ1) is 11.3. The minimum absolute atomic E-state index is 0.199. The second-order valence-electron chi connectivity index (χ2n) is 5.67. The summed E-state index contributed by atoms with van der Waals surface area (Å²) >= 11 is 5.85. The van der Waals surface area contributed by atoms with Gasteiger partial charge >= 0.3 is 0 Å². The number of hydrogen-bond acceptors (Lipinski definition) is 6. The average Bonchev–Trinajstić information content (AvgIpc) is 3.06. The number of fused-ring (bicyclic) bond motifs is 1. The monoisotopic (exact) mass is 339 g/mol. The van der Waals surface area contributed by atoms with E-state index in [0.717, 1.165) is 39.1 Å². The summed E-state index contributed by atoms with van der Waals surface area (Å²) in [6, 6.07) is 1.76. The van der Waals surface area contributed by atoms with Gasteiger partial charge in [0, 0.05) is 19.2 Å². The third-order valence-corrected chi connectivity index (χ3v) is 4.09. The van der Waals surface area contributed by atoms with Crippen LogP contribution in [0.3, 0.4) is 0 Å². The summed E-state index contributed by atoms with van der Waals surface area (Å²) in [6.07, 6.45) is 7.66. The molecule has 23 heavy (non-hydrogen) atoms. The Morgan fingerprint density at radius 1 is 1.13 bits per heavy atom. The van der Waals surface area contributed by atoms with Gasteiger partial charge in [0.05, 0.1) is 19.5 Å². The Morgan fingerprint density at radius 3 is 2.57 bits per heavy atom. The number of nitrogens with one attached hydrogen (secondary N) is 1. The van der Waals surface area contributed by atoms with Gasteiger partial charge in [0.25, 0.3) is 5.88 Å². The smallest absolute Gasteiger partial charge is 0.263 e. The lowest BCUT2D eigenvalue weighted by Gasteiger charge is -2.22. The highest BCUT2D eigenvalue weighted by atomic mass is 35.5. The summed E-state index contributed by atoms with van der Waals surface area (Å²) in [5, 5.41) is 3.36. The van der Waals surface area contributed by atoms with Gasteiger partial charge in [-0.25, -0.2) is 4.98 Å². The molecule has 0 atom stereocenters. The highest BCUT2D eigenvalue weighted by Crippen LogP contribution is 2.28. The van der Waals surface area contributed by atoms with Crippen molar-refractivity contribution in [3.8, 4) is 5.88 Å². The van der Waals surface area contributed by atoms with Crippen LogP contribution < -0.4 is 10.1 Å². The van der Waals surface area contributed by atoms with E-state index in [1.165, 1.54) is 19.3 Å². The van der Waals surface area contributed by atoms with E-state index in [2.05, 4.69) is 15.3 Å². The number of aromatic nitrogens is 2. The fraction of sp³-hybridized carbons (Fsp3) is 0.625. The third kappa shape index (κ3) is 4.80. The Bertz CT molecular complexity index is 598. The number of morpholine rings is 1. The first kappa shape index (κ1) is 16.5. The number of ether oxygens (including phenoxy) is 2. The van der Waals surface area contributed by atoms with Gasteiger partial charge in [0.2, 0.25) is 10.9 Å². The van der Waals surface area contributed by atoms with Gasteiger partial charge in [-0.3, -0.25) is 0 Å². The topological polar surface area (TPSA) is 69.4 Å². The fourth-order valence-corrected chi connectivity index (χ4v) is 2.91. The van der Waals surface area contributed by atoms with Crippen molar-refractivity contribution in [3.05, 3.63) is 17.6 Å². The van der Waals surface area contributed by atoms with Gasteiger partial charge in [-0.1, -0.05) is 6.42 Å². The molecule has 1 saturated heterocycles. The van der Waals surface area contributed by atoms with Crippen molar-refractivity contribution in [2.75, 3.05) is 26.3 Å². The van der Waals surface area contributed by atoms with Crippen LogP contribution in [0.5, 0.6) is 5.88 Å². The van der Waals surface area contributed by atoms with E-state index in [1.54, 1.807) is 12.3 Å². The number of halogens is 1. The zero-order valence-electron chi connectivity index (χ0n) is 13.1. The van der Waals surface area contributed by atoms with E-state index in [1.807, 2.05) is 0 Å². The third-order valence-electron chi connectivity index (χ3n) is 3.92. The summed E-state index contributed by atoms with van der Waals surface area (Å²) in [5.41, 5.74) is 1.27. The molecular weight excluding hydrogens is 318 g/mol. The maximum Gasteiger partial charge on any atom is 0.263 e. The molecule has 6 nitrogen and oxygen atoms in total. The Hall–Kier alpha value is -1.37. The molecule has 1 aliphatic carbocycles. The number of rotatable bonds is 2. The van der Waals surface area contributed by atoms with Gasteiger partial charge in [-0.15, -0.1) is 0 Å². The van der Waals surface area contributed by atoms with E-state index in [4.69, 9.17) is 25.5 Å². The first-order valence-electron chi connectivity index (χ1n) is 8.19. The molecule has 2 aromatic heterocycles. The minimum Gasteiger partial charge on any atom is -0.472 e. The van der Waals surface area contributed by atoms with Crippen LogP contribution in [0.25, 0.3) is 11.1 Å². The van der Waals surface area contributed by atoms with Crippen LogP contribution in [0, 0.1) is 0 Å². The second kappa shape index (κ2) is 8.47. The van der Waals surface area contributed by atoms with Crippen molar-refractivity contribution < 1.29 is 13.9 Å². The van der Waals surface area contributed by atoms with Crippen LogP contribution in [0.15, 0.2) is 16.7 Å². The molecule has 0 bridgehead atoms. The lowest BCUT2D eigenvalue weighted by Crippen LogP contribution is -2.30. The Morgan fingerprint density at radius 2 is 1.91 bits per heavy atom. The molecule has 0 spiro atoms. The normalized spacial score (nSPS) is 19.2. The number of hydrogen-bond donors (Lipinski definition) is 1. The van der Waals surface area contributed by atoms with Crippen molar-refractivity contribution in [1.82, 2.24) is 15.3 Å². The summed E-state index contributed by atoms with van der Waals surface area (Å²) in [4.78, 5) is 8.18. The van der Waals surface area contributed by atoms with Gasteiger partial charge in [-0.2, -0.15) is 4.98 Å². The first-order valence-corrected chi connectivity index (χ1v) is 8.56. The summed E-state index contributed by atoms with van der Waals surface area (Å²) in [7, 11) is 0. The van der Waals surface area contributed by atoms with Gasteiger partial charge < -0.3 is 19.2 Å². The molecule has 1 saturated carbocycles. The molecule has 0 unspecified atom stereocenters. The van der Waals surface area contributed by atoms with E-state index in [-0.39, 0.29) is 11.4 Å². The molecular formula is C16H22ClN3O3. The van der Waals surface area contributed by atoms with E-state index in [9.17, 15) is 0 Å². The molecule has 0 amide bonds. The molecule has 0 radical (unpaired) electrons. The summed E-state index contributed by atoms with van der Waals surface area (Å²) in [5.74, 6) is 0.469. The molecule has 126 valence electrons. The Labute approximate surface area is 140 Å². The highest BCUT2D eigenvalue weighted by Gasteiger charge is 2.19. The highest BCUT2D eigenvalue weighted by molar-refractivity contribution is 6.28. The van der Waals surface area contributed by atoms with Crippen molar-refractivity contribution in [2.45, 2.75) is 38.2 Å². The van der Waals surface area contributed by atoms with Crippen LogP contribution in [-0.2, 0) is 4.74 Å². The number of nitrogens with zero attached hydrogens (tertiary/aromatic N) is 2. The van der Waals surface area contributed by atoms with E-state index >= 15 is 0 Å². The number of furan rings is 1. The van der Waals surface area contributed by atoms with E-state index in [0.29, 0.717) is 17.0 Å². The van der Waals surface area contributed by atoms with Crippen molar-refractivity contribution in [3.63, 3.8) is 0 Å². The lowest BCUT2D eigenvalue weighted by molar-refractivity contribution is 0.109. The quantitative estimate of drug-likeness (QED) is 0.847. The summed E-state index contributed by atoms with van der Waals surface area (Å²) < 4.78 is 16.2. The Kier molecular flexibility index (Phi) is 6.07. The molecule has 0 aromatic carbocycles. The molecule has 1 aliphatic heterocycles. The molecule has 4 rings (SSSR count). The van der Waals surface area contributed by atoms with E-state index < -0.39 is 0 Å². The molecule has 2 aliphatic rings. The fourth-order valence-electron chi connectivity index (χ4n) is 2.75. The van der Waals surface area contributed by atoms with Crippen LogP contribution in [0.1, 0.15) is 32.1 Å². The van der Waals surface area contributed by atoms with Crippen LogP contribution in [0.4, 0.5) is 0 Å².